The third kappa shape index (κ3) is 1.60. The van der Waals surface area contributed by atoms with E-state index in [0.29, 0.717) is 5.69 Å². The molecule has 0 aromatic carbocycles. The van der Waals surface area contributed by atoms with Gasteiger partial charge >= 0.3 is 6.09 Å². The molecule has 2 heterocycles. The third-order valence-corrected chi connectivity index (χ3v) is 2.55. The maximum Gasteiger partial charge on any atom is 0.411 e. The van der Waals surface area contributed by atoms with Crippen molar-refractivity contribution >= 4 is 17.4 Å². The molecule has 0 atom stereocenters. The van der Waals surface area contributed by atoms with E-state index in [1.165, 1.54) is 7.11 Å². The van der Waals surface area contributed by atoms with Crippen LogP contribution in [0.3, 0.4) is 0 Å². The normalized spacial score (nSPS) is 10.4. The van der Waals surface area contributed by atoms with Gasteiger partial charge in [-0.15, -0.1) is 0 Å². The van der Waals surface area contributed by atoms with Crippen LogP contribution in [-0.4, -0.2) is 22.6 Å². The molecule has 5 nitrogen and oxygen atoms in total. The fourth-order valence-corrected chi connectivity index (χ4v) is 1.56. The molecular formula is C11H13N3O2. The topological polar surface area (TPSA) is 55.6 Å². The summed E-state index contributed by atoms with van der Waals surface area (Å²) in [6.07, 6.45) is 1.42. The summed E-state index contributed by atoms with van der Waals surface area (Å²) >= 11 is 0. The molecule has 1 N–H and O–H groups in total. The molecule has 0 saturated carbocycles. The van der Waals surface area contributed by atoms with Crippen LogP contribution in [0.25, 0.3) is 5.65 Å². The summed E-state index contributed by atoms with van der Waals surface area (Å²) in [6.45, 7) is 3.92. The monoisotopic (exact) mass is 219 g/mol. The van der Waals surface area contributed by atoms with Crippen LogP contribution in [0.2, 0.25) is 0 Å². The van der Waals surface area contributed by atoms with Gasteiger partial charge < -0.3 is 9.14 Å². The van der Waals surface area contributed by atoms with Crippen LogP contribution in [-0.2, 0) is 4.74 Å². The van der Waals surface area contributed by atoms with E-state index >= 15 is 0 Å². The van der Waals surface area contributed by atoms with Crippen molar-refractivity contribution in [2.24, 2.45) is 0 Å². The van der Waals surface area contributed by atoms with Gasteiger partial charge in [-0.1, -0.05) is 0 Å². The van der Waals surface area contributed by atoms with Crippen molar-refractivity contribution < 1.29 is 9.53 Å². The first-order chi connectivity index (χ1) is 7.63. The molecule has 84 valence electrons. The number of fused-ring (bicyclic) bond motifs is 1. The number of carbonyl (C=O) groups is 1. The Morgan fingerprint density at radius 3 is 2.94 bits per heavy atom. The Kier molecular flexibility index (Phi) is 2.52. The molecular weight excluding hydrogens is 206 g/mol. The Morgan fingerprint density at radius 1 is 1.50 bits per heavy atom. The zero-order valence-electron chi connectivity index (χ0n) is 9.44. The number of amides is 1. The minimum absolute atomic E-state index is 0.494. The van der Waals surface area contributed by atoms with E-state index in [1.54, 1.807) is 6.07 Å². The lowest BCUT2D eigenvalue weighted by Crippen LogP contribution is -2.11. The summed E-state index contributed by atoms with van der Waals surface area (Å²) in [5.74, 6) is 0. The number of carbonyl (C=O) groups excluding carboxylic acids is 1. The van der Waals surface area contributed by atoms with Crippen LogP contribution >= 0.6 is 0 Å². The summed E-state index contributed by atoms with van der Waals surface area (Å²) < 4.78 is 6.48. The average molecular weight is 219 g/mol. The third-order valence-electron chi connectivity index (χ3n) is 2.55. The molecule has 2 rings (SSSR count). The lowest BCUT2D eigenvalue weighted by Gasteiger charge is -2.05. The summed E-state index contributed by atoms with van der Waals surface area (Å²) in [5, 5.41) is 2.63. The van der Waals surface area contributed by atoms with Gasteiger partial charge in [0.25, 0.3) is 0 Å². The van der Waals surface area contributed by atoms with Crippen LogP contribution in [0.4, 0.5) is 10.5 Å². The smallest absolute Gasteiger partial charge is 0.411 e. The molecule has 0 radical (unpaired) electrons. The minimum atomic E-state index is -0.494. The van der Waals surface area contributed by atoms with Crippen molar-refractivity contribution in [3.05, 3.63) is 29.7 Å². The average Bonchev–Trinajstić information content (AvgIpc) is 2.57. The Hall–Kier alpha value is -2.04. The molecule has 0 unspecified atom stereocenters. The van der Waals surface area contributed by atoms with Crippen molar-refractivity contribution in [3.63, 3.8) is 0 Å². The van der Waals surface area contributed by atoms with E-state index in [1.807, 2.05) is 30.5 Å². The highest BCUT2D eigenvalue weighted by Gasteiger charge is 2.10. The number of pyridine rings is 1. The summed E-state index contributed by atoms with van der Waals surface area (Å²) in [6, 6.07) is 3.64. The second-order valence-electron chi connectivity index (χ2n) is 3.51. The van der Waals surface area contributed by atoms with E-state index in [-0.39, 0.29) is 0 Å². The molecule has 2 aromatic heterocycles. The van der Waals surface area contributed by atoms with Crippen LogP contribution in [0, 0.1) is 13.8 Å². The molecule has 0 aliphatic carbocycles. The van der Waals surface area contributed by atoms with E-state index < -0.39 is 6.09 Å². The van der Waals surface area contributed by atoms with E-state index in [9.17, 15) is 4.79 Å². The van der Waals surface area contributed by atoms with Gasteiger partial charge in [-0.3, -0.25) is 5.32 Å². The molecule has 0 bridgehead atoms. The predicted molar refractivity (Wildman–Crippen MR) is 60.7 cm³/mol. The first kappa shape index (κ1) is 10.5. The number of nitrogens with zero attached hydrogens (tertiary/aromatic N) is 2. The minimum Gasteiger partial charge on any atom is -0.453 e. The molecule has 2 aromatic rings. The second-order valence-corrected chi connectivity index (χ2v) is 3.51. The number of hydrogen-bond donors (Lipinski definition) is 1. The molecule has 0 fully saturated rings. The predicted octanol–water partition coefficient (Wildman–Crippen LogP) is 2.13. The number of anilines is 1. The SMILES string of the molecule is COC(=O)Nc1cccn2c(C)c(C)nc12. The van der Waals surface area contributed by atoms with Gasteiger partial charge in [-0.05, 0) is 26.0 Å². The first-order valence-electron chi connectivity index (χ1n) is 4.92. The highest BCUT2D eigenvalue weighted by molar-refractivity contribution is 5.89. The van der Waals surface area contributed by atoms with Crippen LogP contribution in [0.1, 0.15) is 11.4 Å². The van der Waals surface area contributed by atoms with Crippen molar-refractivity contribution in [2.75, 3.05) is 12.4 Å². The number of methoxy groups -OCH3 is 1. The fraction of sp³-hybridized carbons (Fsp3) is 0.273. The summed E-state index contributed by atoms with van der Waals surface area (Å²) in [5.41, 5.74) is 3.37. The van der Waals surface area contributed by atoms with E-state index in [4.69, 9.17) is 0 Å². The number of nitrogens with one attached hydrogen (secondary N) is 1. The number of aromatic nitrogens is 2. The zero-order valence-corrected chi connectivity index (χ0v) is 9.44. The standard InChI is InChI=1S/C11H13N3O2/c1-7-8(2)14-6-4-5-9(10(14)12-7)13-11(15)16-3/h4-6H,1-3H3,(H,13,15). The highest BCUT2D eigenvalue weighted by Crippen LogP contribution is 2.19. The molecule has 16 heavy (non-hydrogen) atoms. The van der Waals surface area contributed by atoms with E-state index in [0.717, 1.165) is 17.0 Å². The Labute approximate surface area is 93.1 Å². The molecule has 0 aliphatic rings. The number of aryl methyl sites for hydroxylation is 2. The molecule has 5 heteroatoms. The van der Waals surface area contributed by atoms with Gasteiger partial charge in [0.05, 0.1) is 18.5 Å². The highest BCUT2D eigenvalue weighted by atomic mass is 16.5. The largest absolute Gasteiger partial charge is 0.453 e. The first-order valence-corrected chi connectivity index (χ1v) is 4.92. The number of imidazole rings is 1. The Bertz CT molecular complexity index is 545. The fourth-order valence-electron chi connectivity index (χ4n) is 1.56. The summed E-state index contributed by atoms with van der Waals surface area (Å²) in [4.78, 5) is 15.5. The van der Waals surface area contributed by atoms with Gasteiger partial charge in [0.15, 0.2) is 5.65 Å². The van der Waals surface area contributed by atoms with Gasteiger partial charge in [0.2, 0.25) is 0 Å². The lowest BCUT2D eigenvalue weighted by atomic mass is 10.4. The summed E-state index contributed by atoms with van der Waals surface area (Å²) in [7, 11) is 1.33. The van der Waals surface area contributed by atoms with Crippen molar-refractivity contribution in [2.45, 2.75) is 13.8 Å². The van der Waals surface area contributed by atoms with Gasteiger partial charge in [-0.2, -0.15) is 0 Å². The molecule has 0 aliphatic heterocycles. The number of rotatable bonds is 1. The number of hydrogen-bond acceptors (Lipinski definition) is 3. The number of ether oxygens (including phenoxy) is 1. The molecule has 0 spiro atoms. The van der Waals surface area contributed by atoms with E-state index in [2.05, 4.69) is 15.0 Å². The Balaban J connectivity index is 2.54. The second kappa shape index (κ2) is 3.84. The van der Waals surface area contributed by atoms with Crippen molar-refractivity contribution in [3.8, 4) is 0 Å². The molecule has 1 amide bonds. The van der Waals surface area contributed by atoms with Crippen LogP contribution < -0.4 is 5.32 Å². The quantitative estimate of drug-likeness (QED) is 0.799. The van der Waals surface area contributed by atoms with Gasteiger partial charge in [0, 0.05) is 11.9 Å². The maximum atomic E-state index is 11.1. The molecule has 0 saturated heterocycles. The Morgan fingerprint density at radius 2 is 2.25 bits per heavy atom. The van der Waals surface area contributed by atoms with Gasteiger partial charge in [-0.25, -0.2) is 9.78 Å². The lowest BCUT2D eigenvalue weighted by molar-refractivity contribution is 0.187. The van der Waals surface area contributed by atoms with Crippen molar-refractivity contribution in [1.29, 1.82) is 0 Å². The van der Waals surface area contributed by atoms with Crippen LogP contribution in [0.5, 0.6) is 0 Å². The maximum absolute atomic E-state index is 11.1. The zero-order chi connectivity index (χ0) is 11.7. The van der Waals surface area contributed by atoms with Crippen LogP contribution in [0.15, 0.2) is 18.3 Å². The van der Waals surface area contributed by atoms with Crippen molar-refractivity contribution in [1.82, 2.24) is 9.38 Å². The van der Waals surface area contributed by atoms with Gasteiger partial charge in [0.1, 0.15) is 0 Å².